The Labute approximate surface area is 162 Å². The fourth-order valence-electron chi connectivity index (χ4n) is 4.13. The van der Waals surface area contributed by atoms with Crippen molar-refractivity contribution in [1.82, 2.24) is 4.57 Å². The SMILES string of the molecule is CCCCCC(c1ccccc1)c1ccc([Si](C)(C)N(CC)CC)cc1. The lowest BCUT2D eigenvalue weighted by atomic mass is 9.87. The van der Waals surface area contributed by atoms with Crippen LogP contribution in [0.15, 0.2) is 54.6 Å². The van der Waals surface area contributed by atoms with Crippen LogP contribution in [-0.4, -0.2) is 25.9 Å². The number of unbranched alkanes of at least 4 members (excludes halogenated alkanes) is 2. The van der Waals surface area contributed by atoms with E-state index >= 15 is 0 Å². The van der Waals surface area contributed by atoms with E-state index in [0.29, 0.717) is 5.92 Å². The summed E-state index contributed by atoms with van der Waals surface area (Å²) >= 11 is 0. The second-order valence-electron chi connectivity index (χ2n) is 7.81. The molecular weight excluding hydrogens is 330 g/mol. The van der Waals surface area contributed by atoms with Crippen LogP contribution < -0.4 is 5.19 Å². The third-order valence-corrected chi connectivity index (χ3v) is 9.83. The van der Waals surface area contributed by atoms with E-state index in [4.69, 9.17) is 0 Å². The Hall–Kier alpha value is -1.38. The van der Waals surface area contributed by atoms with Crippen molar-refractivity contribution in [2.24, 2.45) is 0 Å². The van der Waals surface area contributed by atoms with Crippen LogP contribution >= 0.6 is 0 Å². The van der Waals surface area contributed by atoms with Crippen molar-refractivity contribution in [2.75, 3.05) is 13.1 Å². The van der Waals surface area contributed by atoms with Gasteiger partial charge in [0.05, 0.1) is 0 Å². The predicted octanol–water partition coefficient (Wildman–Crippen LogP) is 6.15. The molecule has 0 aromatic heterocycles. The van der Waals surface area contributed by atoms with Gasteiger partial charge in [0.15, 0.2) is 8.24 Å². The average Bonchev–Trinajstić information content (AvgIpc) is 2.67. The quantitative estimate of drug-likeness (QED) is 0.359. The molecule has 1 nitrogen and oxygen atoms in total. The van der Waals surface area contributed by atoms with Crippen molar-refractivity contribution in [3.8, 4) is 0 Å². The molecule has 0 aliphatic carbocycles. The molecule has 0 aliphatic heterocycles. The largest absolute Gasteiger partial charge is 0.321 e. The first-order chi connectivity index (χ1) is 12.5. The van der Waals surface area contributed by atoms with Crippen molar-refractivity contribution in [1.29, 1.82) is 0 Å². The molecular formula is C24H37NSi. The normalized spacial score (nSPS) is 13.2. The molecule has 0 spiro atoms. The Morgan fingerprint density at radius 1 is 0.769 bits per heavy atom. The van der Waals surface area contributed by atoms with Gasteiger partial charge in [-0.05, 0) is 35.8 Å². The highest BCUT2D eigenvalue weighted by Gasteiger charge is 2.29. The molecule has 0 aliphatic rings. The zero-order valence-corrected chi connectivity index (χ0v) is 18.5. The summed E-state index contributed by atoms with van der Waals surface area (Å²) in [4.78, 5) is 0. The maximum Gasteiger partial charge on any atom is 0.154 e. The summed E-state index contributed by atoms with van der Waals surface area (Å²) < 4.78 is 2.66. The van der Waals surface area contributed by atoms with Crippen molar-refractivity contribution in [2.45, 2.75) is 65.5 Å². The van der Waals surface area contributed by atoms with Crippen molar-refractivity contribution >= 4 is 13.4 Å². The fourth-order valence-corrected chi connectivity index (χ4v) is 7.06. The summed E-state index contributed by atoms with van der Waals surface area (Å²) in [6, 6.07) is 20.7. The van der Waals surface area contributed by atoms with Gasteiger partial charge in [0.25, 0.3) is 0 Å². The maximum atomic E-state index is 2.66. The van der Waals surface area contributed by atoms with Gasteiger partial charge in [-0.1, -0.05) is 108 Å². The summed E-state index contributed by atoms with van der Waals surface area (Å²) in [7, 11) is -1.54. The van der Waals surface area contributed by atoms with E-state index in [1.165, 1.54) is 36.8 Å². The van der Waals surface area contributed by atoms with Crippen LogP contribution in [0.2, 0.25) is 13.1 Å². The Kier molecular flexibility index (Phi) is 8.11. The number of benzene rings is 2. The lowest BCUT2D eigenvalue weighted by Crippen LogP contribution is -2.57. The third kappa shape index (κ3) is 5.08. The molecule has 0 heterocycles. The van der Waals surface area contributed by atoms with E-state index < -0.39 is 8.24 Å². The zero-order chi connectivity index (χ0) is 19.0. The Morgan fingerprint density at radius 2 is 1.35 bits per heavy atom. The lowest BCUT2D eigenvalue weighted by molar-refractivity contribution is 0.474. The Balaban J connectivity index is 2.27. The average molecular weight is 368 g/mol. The van der Waals surface area contributed by atoms with Crippen LogP contribution in [0.3, 0.4) is 0 Å². The first kappa shape index (κ1) is 20.9. The molecule has 1 unspecified atom stereocenters. The number of nitrogens with zero attached hydrogens (tertiary/aromatic N) is 1. The third-order valence-electron chi connectivity index (χ3n) is 5.87. The first-order valence-corrected chi connectivity index (χ1v) is 13.4. The molecule has 0 bridgehead atoms. The van der Waals surface area contributed by atoms with Gasteiger partial charge in [0.1, 0.15) is 0 Å². The molecule has 0 amide bonds. The molecule has 0 radical (unpaired) electrons. The minimum absolute atomic E-state index is 0.523. The van der Waals surface area contributed by atoms with Gasteiger partial charge in [-0.15, -0.1) is 0 Å². The number of rotatable bonds is 10. The monoisotopic (exact) mass is 367 g/mol. The van der Waals surface area contributed by atoms with E-state index in [0.717, 1.165) is 13.1 Å². The predicted molar refractivity (Wildman–Crippen MR) is 119 cm³/mol. The molecule has 0 fully saturated rings. The van der Waals surface area contributed by atoms with Crippen LogP contribution in [-0.2, 0) is 0 Å². The van der Waals surface area contributed by atoms with E-state index in [1.807, 2.05) is 0 Å². The van der Waals surface area contributed by atoms with Crippen molar-refractivity contribution in [3.05, 3.63) is 65.7 Å². The van der Waals surface area contributed by atoms with Gasteiger partial charge in [0, 0.05) is 5.92 Å². The van der Waals surface area contributed by atoms with E-state index in [2.05, 4.69) is 93.0 Å². The minimum Gasteiger partial charge on any atom is -0.321 e. The Bertz CT molecular complexity index is 629. The van der Waals surface area contributed by atoms with Crippen LogP contribution in [0.5, 0.6) is 0 Å². The van der Waals surface area contributed by atoms with Crippen LogP contribution in [0.1, 0.15) is 63.5 Å². The highest BCUT2D eigenvalue weighted by atomic mass is 28.3. The first-order valence-electron chi connectivity index (χ1n) is 10.4. The van der Waals surface area contributed by atoms with Crippen LogP contribution in [0.25, 0.3) is 0 Å². The zero-order valence-electron chi connectivity index (χ0n) is 17.5. The molecule has 2 aromatic rings. The topological polar surface area (TPSA) is 3.24 Å². The molecule has 0 saturated carbocycles. The molecule has 2 aromatic carbocycles. The minimum atomic E-state index is -1.54. The number of hydrogen-bond acceptors (Lipinski definition) is 1. The number of hydrogen-bond donors (Lipinski definition) is 0. The summed E-state index contributed by atoms with van der Waals surface area (Å²) in [5.41, 5.74) is 2.93. The molecule has 142 valence electrons. The van der Waals surface area contributed by atoms with Gasteiger partial charge < -0.3 is 4.57 Å². The second-order valence-corrected chi connectivity index (χ2v) is 12.1. The van der Waals surface area contributed by atoms with Gasteiger partial charge in [-0.2, -0.15) is 0 Å². The summed E-state index contributed by atoms with van der Waals surface area (Å²) in [5, 5.41) is 1.55. The van der Waals surface area contributed by atoms with Crippen molar-refractivity contribution in [3.63, 3.8) is 0 Å². The highest BCUT2D eigenvalue weighted by Crippen LogP contribution is 2.30. The van der Waals surface area contributed by atoms with Crippen LogP contribution in [0.4, 0.5) is 0 Å². The van der Waals surface area contributed by atoms with Gasteiger partial charge in [-0.3, -0.25) is 0 Å². The molecule has 0 saturated heterocycles. The molecule has 26 heavy (non-hydrogen) atoms. The Morgan fingerprint density at radius 3 is 1.88 bits per heavy atom. The molecule has 1 atom stereocenters. The van der Waals surface area contributed by atoms with E-state index in [1.54, 1.807) is 5.19 Å². The van der Waals surface area contributed by atoms with Crippen LogP contribution in [0, 0.1) is 0 Å². The molecule has 2 rings (SSSR count). The van der Waals surface area contributed by atoms with Crippen molar-refractivity contribution < 1.29 is 0 Å². The van der Waals surface area contributed by atoms with Gasteiger partial charge >= 0.3 is 0 Å². The van der Waals surface area contributed by atoms with Gasteiger partial charge in [-0.25, -0.2) is 0 Å². The standard InChI is InChI=1S/C24H37NSi/c1-6-9-11-16-24(21-14-12-10-13-15-21)22-17-19-23(20-18-22)26(4,5)25(7-2)8-3/h10,12-15,17-20,24H,6-9,11,16H2,1-5H3. The van der Waals surface area contributed by atoms with E-state index in [9.17, 15) is 0 Å². The highest BCUT2D eigenvalue weighted by molar-refractivity contribution is 6.87. The maximum absolute atomic E-state index is 2.66. The fraction of sp³-hybridized carbons (Fsp3) is 0.500. The molecule has 0 N–H and O–H groups in total. The summed E-state index contributed by atoms with van der Waals surface area (Å²) in [6.07, 6.45) is 5.15. The molecule has 2 heteroatoms. The second kappa shape index (κ2) is 10.1. The lowest BCUT2D eigenvalue weighted by Gasteiger charge is -2.36. The summed E-state index contributed by atoms with van der Waals surface area (Å²) in [5.74, 6) is 0.523. The summed E-state index contributed by atoms with van der Waals surface area (Å²) in [6.45, 7) is 14.1. The smallest absolute Gasteiger partial charge is 0.154 e. The van der Waals surface area contributed by atoms with E-state index in [-0.39, 0.29) is 0 Å². The van der Waals surface area contributed by atoms with Gasteiger partial charge in [0.2, 0.25) is 0 Å².